The summed E-state index contributed by atoms with van der Waals surface area (Å²) in [6.07, 6.45) is 0.803. The fourth-order valence-electron chi connectivity index (χ4n) is 2.80. The van der Waals surface area contributed by atoms with Crippen molar-refractivity contribution < 1.29 is 14.3 Å². The average molecular weight is 341 g/mol. The maximum absolute atomic E-state index is 13.1. The van der Waals surface area contributed by atoms with Gasteiger partial charge in [0.2, 0.25) is 0 Å². The molecule has 0 aromatic heterocycles. The van der Waals surface area contributed by atoms with E-state index < -0.39 is 0 Å². The lowest BCUT2D eigenvalue weighted by molar-refractivity contribution is 0.0722. The molecule has 0 radical (unpaired) electrons. The molecule has 0 aliphatic heterocycles. The molecule has 4 heteroatoms. The zero-order valence-electron chi connectivity index (χ0n) is 15.5. The third kappa shape index (κ3) is 5.07. The first-order chi connectivity index (χ1) is 12.1. The number of hydrogen-bond donors (Lipinski definition) is 0. The molecule has 0 bridgehead atoms. The van der Waals surface area contributed by atoms with Gasteiger partial charge in [-0.2, -0.15) is 0 Å². The maximum atomic E-state index is 13.1. The Labute approximate surface area is 150 Å². The van der Waals surface area contributed by atoms with Crippen molar-refractivity contribution in [2.24, 2.45) is 0 Å². The predicted octanol–water partition coefficient (Wildman–Crippen LogP) is 3.99. The zero-order valence-corrected chi connectivity index (χ0v) is 15.5. The standard InChI is InChI=1S/C21H27NO3/c1-16-8-5-11-20(17(16)2)21(23)22(12-7-13-24-3)15-18-9-6-10-19(14-18)25-4/h5-6,8-11,14H,7,12-13,15H2,1-4H3. The summed E-state index contributed by atoms with van der Waals surface area (Å²) < 4.78 is 10.4. The second-order valence-corrected chi connectivity index (χ2v) is 6.17. The van der Waals surface area contributed by atoms with Gasteiger partial charge in [0.05, 0.1) is 7.11 Å². The molecule has 1 amide bonds. The van der Waals surface area contributed by atoms with Gasteiger partial charge in [0.15, 0.2) is 0 Å². The molecule has 2 aromatic carbocycles. The summed E-state index contributed by atoms with van der Waals surface area (Å²) in [5, 5.41) is 0. The number of amides is 1. The monoisotopic (exact) mass is 341 g/mol. The Morgan fingerprint density at radius 1 is 1.08 bits per heavy atom. The third-order valence-corrected chi connectivity index (χ3v) is 4.41. The lowest BCUT2D eigenvalue weighted by Gasteiger charge is -2.24. The average Bonchev–Trinajstić information content (AvgIpc) is 2.63. The van der Waals surface area contributed by atoms with Crippen molar-refractivity contribution in [3.05, 3.63) is 64.7 Å². The second-order valence-electron chi connectivity index (χ2n) is 6.17. The summed E-state index contributed by atoms with van der Waals surface area (Å²) in [6, 6.07) is 13.7. The Morgan fingerprint density at radius 2 is 1.84 bits per heavy atom. The summed E-state index contributed by atoms with van der Waals surface area (Å²) in [7, 11) is 3.33. The van der Waals surface area contributed by atoms with E-state index in [9.17, 15) is 4.79 Å². The largest absolute Gasteiger partial charge is 0.497 e. The lowest BCUT2D eigenvalue weighted by Crippen LogP contribution is -2.32. The number of rotatable bonds is 8. The van der Waals surface area contributed by atoms with Crippen LogP contribution in [0.25, 0.3) is 0 Å². The molecule has 134 valence electrons. The highest BCUT2D eigenvalue weighted by molar-refractivity contribution is 5.96. The highest BCUT2D eigenvalue weighted by Gasteiger charge is 2.18. The Morgan fingerprint density at radius 3 is 2.56 bits per heavy atom. The van der Waals surface area contributed by atoms with Crippen LogP contribution in [-0.2, 0) is 11.3 Å². The fourth-order valence-corrected chi connectivity index (χ4v) is 2.80. The summed E-state index contributed by atoms with van der Waals surface area (Å²) >= 11 is 0. The van der Waals surface area contributed by atoms with Gasteiger partial charge in [-0.25, -0.2) is 0 Å². The molecule has 0 N–H and O–H groups in total. The van der Waals surface area contributed by atoms with E-state index in [4.69, 9.17) is 9.47 Å². The summed E-state index contributed by atoms with van der Waals surface area (Å²) in [4.78, 5) is 15.0. The van der Waals surface area contributed by atoms with Gasteiger partial charge in [-0.1, -0.05) is 24.3 Å². The van der Waals surface area contributed by atoms with Crippen molar-refractivity contribution in [2.45, 2.75) is 26.8 Å². The van der Waals surface area contributed by atoms with Gasteiger partial charge in [-0.15, -0.1) is 0 Å². The minimum absolute atomic E-state index is 0.0557. The quantitative estimate of drug-likeness (QED) is 0.682. The smallest absolute Gasteiger partial charge is 0.254 e. The van der Waals surface area contributed by atoms with Gasteiger partial charge in [-0.3, -0.25) is 4.79 Å². The van der Waals surface area contributed by atoms with Crippen LogP contribution in [0.2, 0.25) is 0 Å². The minimum atomic E-state index is 0.0557. The van der Waals surface area contributed by atoms with E-state index in [1.165, 1.54) is 0 Å². The third-order valence-electron chi connectivity index (χ3n) is 4.41. The van der Waals surface area contributed by atoms with E-state index in [1.54, 1.807) is 14.2 Å². The van der Waals surface area contributed by atoms with Crippen LogP contribution >= 0.6 is 0 Å². The molecule has 0 unspecified atom stereocenters. The molecule has 0 atom stereocenters. The number of carbonyl (C=O) groups excluding carboxylic acids is 1. The van der Waals surface area contributed by atoms with E-state index in [0.717, 1.165) is 34.4 Å². The second kappa shape index (κ2) is 9.23. The molecule has 25 heavy (non-hydrogen) atoms. The normalized spacial score (nSPS) is 10.6. The summed E-state index contributed by atoms with van der Waals surface area (Å²) in [5.41, 5.74) is 3.98. The van der Waals surface area contributed by atoms with Crippen LogP contribution in [0, 0.1) is 13.8 Å². The molecule has 0 aliphatic carbocycles. The van der Waals surface area contributed by atoms with E-state index in [2.05, 4.69) is 0 Å². The van der Waals surface area contributed by atoms with E-state index in [1.807, 2.05) is 61.2 Å². The van der Waals surface area contributed by atoms with Crippen LogP contribution in [0.15, 0.2) is 42.5 Å². The first-order valence-electron chi connectivity index (χ1n) is 8.54. The minimum Gasteiger partial charge on any atom is -0.497 e. The molecule has 0 aliphatic rings. The van der Waals surface area contributed by atoms with Crippen molar-refractivity contribution in [3.8, 4) is 5.75 Å². The zero-order chi connectivity index (χ0) is 18.2. The summed E-state index contributed by atoms with van der Waals surface area (Å²) in [5.74, 6) is 0.855. The number of methoxy groups -OCH3 is 2. The van der Waals surface area contributed by atoms with Crippen molar-refractivity contribution in [1.82, 2.24) is 4.90 Å². The summed E-state index contributed by atoms with van der Waals surface area (Å²) in [6.45, 7) is 5.87. The van der Waals surface area contributed by atoms with E-state index in [-0.39, 0.29) is 5.91 Å². The molecule has 0 saturated carbocycles. The van der Waals surface area contributed by atoms with Crippen LogP contribution in [0.1, 0.15) is 33.5 Å². The molecular weight excluding hydrogens is 314 g/mol. The van der Waals surface area contributed by atoms with Crippen molar-refractivity contribution in [1.29, 1.82) is 0 Å². The fraction of sp³-hybridized carbons (Fsp3) is 0.381. The van der Waals surface area contributed by atoms with Crippen LogP contribution < -0.4 is 4.74 Å². The molecule has 0 spiro atoms. The van der Waals surface area contributed by atoms with Crippen LogP contribution in [0.3, 0.4) is 0 Å². The molecule has 2 rings (SSSR count). The number of benzene rings is 2. The van der Waals surface area contributed by atoms with Crippen LogP contribution in [0.4, 0.5) is 0 Å². The van der Waals surface area contributed by atoms with Gasteiger partial charge >= 0.3 is 0 Å². The van der Waals surface area contributed by atoms with Crippen molar-refractivity contribution in [2.75, 3.05) is 27.4 Å². The van der Waals surface area contributed by atoms with Gasteiger partial charge < -0.3 is 14.4 Å². The van der Waals surface area contributed by atoms with Gasteiger partial charge in [0.25, 0.3) is 5.91 Å². The maximum Gasteiger partial charge on any atom is 0.254 e. The Hall–Kier alpha value is -2.33. The van der Waals surface area contributed by atoms with Crippen molar-refractivity contribution in [3.63, 3.8) is 0 Å². The number of hydrogen-bond acceptors (Lipinski definition) is 3. The molecule has 2 aromatic rings. The Kier molecular flexibility index (Phi) is 7.02. The van der Waals surface area contributed by atoms with Crippen molar-refractivity contribution >= 4 is 5.91 Å². The molecule has 4 nitrogen and oxygen atoms in total. The van der Waals surface area contributed by atoms with Gasteiger partial charge in [0.1, 0.15) is 5.75 Å². The molecule has 0 fully saturated rings. The predicted molar refractivity (Wildman–Crippen MR) is 100 cm³/mol. The van der Waals surface area contributed by atoms with Gasteiger partial charge in [0, 0.05) is 32.4 Å². The van der Waals surface area contributed by atoms with E-state index >= 15 is 0 Å². The topological polar surface area (TPSA) is 38.8 Å². The Bertz CT molecular complexity index is 712. The van der Waals surface area contributed by atoms with E-state index in [0.29, 0.717) is 19.7 Å². The van der Waals surface area contributed by atoms with Crippen LogP contribution in [-0.4, -0.2) is 38.2 Å². The molecule has 0 heterocycles. The van der Waals surface area contributed by atoms with Crippen LogP contribution in [0.5, 0.6) is 5.75 Å². The van der Waals surface area contributed by atoms with Gasteiger partial charge in [-0.05, 0) is 55.2 Å². The number of ether oxygens (including phenoxy) is 2. The number of carbonyl (C=O) groups is 1. The first-order valence-corrected chi connectivity index (χ1v) is 8.54. The highest BCUT2D eigenvalue weighted by Crippen LogP contribution is 2.19. The number of aryl methyl sites for hydroxylation is 1. The molecular formula is C21H27NO3. The Balaban J connectivity index is 2.24. The molecule has 0 saturated heterocycles. The highest BCUT2D eigenvalue weighted by atomic mass is 16.5. The lowest BCUT2D eigenvalue weighted by atomic mass is 10.0. The SMILES string of the molecule is COCCCN(Cc1cccc(OC)c1)C(=O)c1cccc(C)c1C. The first kappa shape index (κ1) is 19.0. The number of nitrogens with zero attached hydrogens (tertiary/aromatic N) is 1.